The molecule has 4 rings (SSSR count). The van der Waals surface area contributed by atoms with E-state index in [-0.39, 0.29) is 11.8 Å². The molecule has 0 aliphatic heterocycles. The van der Waals surface area contributed by atoms with Gasteiger partial charge in [0.15, 0.2) is 5.75 Å². The Morgan fingerprint density at radius 3 is 2.58 bits per heavy atom. The lowest BCUT2D eigenvalue weighted by molar-refractivity contribution is 0.0690. The van der Waals surface area contributed by atoms with E-state index < -0.39 is 5.97 Å². The number of rotatable bonds is 6. The number of nitrogens with zero attached hydrogens (tertiary/aromatic N) is 3. The largest absolute Gasteiger partial charge is 0.484 e. The van der Waals surface area contributed by atoms with E-state index >= 15 is 0 Å². The van der Waals surface area contributed by atoms with Crippen molar-refractivity contribution in [1.82, 2.24) is 9.97 Å². The van der Waals surface area contributed by atoms with Crippen LogP contribution >= 0.6 is 0 Å². The Kier molecular flexibility index (Phi) is 5.63. The number of carboxylic acids is 1. The van der Waals surface area contributed by atoms with E-state index in [2.05, 4.69) is 28.2 Å². The molecule has 0 saturated heterocycles. The van der Waals surface area contributed by atoms with E-state index in [1.807, 2.05) is 12.1 Å². The van der Waals surface area contributed by atoms with E-state index in [9.17, 15) is 10.1 Å². The van der Waals surface area contributed by atoms with Crippen molar-refractivity contribution in [3.63, 3.8) is 0 Å². The first kappa shape index (κ1) is 20.1. The zero-order valence-electron chi connectivity index (χ0n) is 16.8. The molecule has 1 aliphatic rings. The number of aromatic nitrogens is 2. The molecule has 0 radical (unpaired) electrons. The fourth-order valence-electron chi connectivity index (χ4n) is 3.60. The predicted octanol–water partition coefficient (Wildman–Crippen LogP) is 3.79. The Labute approximate surface area is 179 Å². The standard InChI is InChI=1S/C24H19N3O4/c1-30-23-22(31-20-10-16-4-2-3-5-17(16)11-20)12-19(14-27-23)18(13-25)8-15-6-7-26-21(9-15)24(28)29/h2-9,12,14,20H,10-11H2,1H3,(H,28,29). The van der Waals surface area contributed by atoms with Crippen LogP contribution in [0.5, 0.6) is 11.6 Å². The average Bonchev–Trinajstić information content (AvgIpc) is 3.20. The fraction of sp³-hybridized carbons (Fsp3) is 0.167. The summed E-state index contributed by atoms with van der Waals surface area (Å²) in [6.45, 7) is 0. The molecule has 154 valence electrons. The van der Waals surface area contributed by atoms with Crippen LogP contribution in [0.4, 0.5) is 0 Å². The molecule has 2 aromatic heterocycles. The third kappa shape index (κ3) is 4.38. The Balaban J connectivity index is 1.62. The second-order valence-corrected chi connectivity index (χ2v) is 7.10. The fourth-order valence-corrected chi connectivity index (χ4v) is 3.60. The third-order valence-corrected chi connectivity index (χ3v) is 5.06. The van der Waals surface area contributed by atoms with Crippen molar-refractivity contribution < 1.29 is 19.4 Å². The van der Waals surface area contributed by atoms with E-state index in [1.54, 1.807) is 18.2 Å². The Morgan fingerprint density at radius 2 is 1.94 bits per heavy atom. The van der Waals surface area contributed by atoms with E-state index in [4.69, 9.17) is 14.6 Å². The van der Waals surface area contributed by atoms with E-state index in [1.165, 1.54) is 36.7 Å². The SMILES string of the molecule is COc1ncc(C(C#N)=Cc2ccnc(C(=O)O)c2)cc1OC1Cc2ccccc2C1. The number of allylic oxidation sites excluding steroid dienone is 1. The highest BCUT2D eigenvalue weighted by Gasteiger charge is 2.24. The number of ether oxygens (including phenoxy) is 2. The first-order chi connectivity index (χ1) is 15.1. The molecule has 31 heavy (non-hydrogen) atoms. The average molecular weight is 413 g/mol. The molecule has 0 saturated carbocycles. The van der Waals surface area contributed by atoms with Crippen LogP contribution in [0.1, 0.15) is 32.7 Å². The molecule has 0 bridgehead atoms. The second-order valence-electron chi connectivity index (χ2n) is 7.10. The Morgan fingerprint density at radius 1 is 1.19 bits per heavy atom. The lowest BCUT2D eigenvalue weighted by Gasteiger charge is -2.16. The van der Waals surface area contributed by atoms with Crippen molar-refractivity contribution in [2.75, 3.05) is 7.11 Å². The maximum absolute atomic E-state index is 11.2. The Bertz CT molecular complexity index is 1190. The number of carboxylic acid groups (broad SMARTS) is 1. The minimum atomic E-state index is -1.13. The molecule has 7 heteroatoms. The molecule has 1 aliphatic carbocycles. The maximum atomic E-state index is 11.2. The lowest BCUT2D eigenvalue weighted by atomic mass is 10.1. The van der Waals surface area contributed by atoms with Crippen molar-refractivity contribution in [3.8, 4) is 17.7 Å². The summed E-state index contributed by atoms with van der Waals surface area (Å²) in [5, 5.41) is 18.8. The molecule has 0 amide bonds. The van der Waals surface area contributed by atoms with Crippen LogP contribution in [0.15, 0.2) is 54.9 Å². The van der Waals surface area contributed by atoms with E-state index in [0.29, 0.717) is 28.3 Å². The van der Waals surface area contributed by atoms with Crippen LogP contribution in [0.25, 0.3) is 11.6 Å². The van der Waals surface area contributed by atoms with Gasteiger partial charge in [-0.3, -0.25) is 0 Å². The third-order valence-electron chi connectivity index (χ3n) is 5.06. The molecular formula is C24H19N3O4. The van der Waals surface area contributed by atoms with Crippen LogP contribution in [0.3, 0.4) is 0 Å². The number of methoxy groups -OCH3 is 1. The molecule has 2 heterocycles. The molecule has 1 N–H and O–H groups in total. The van der Waals surface area contributed by atoms with E-state index in [0.717, 1.165) is 12.8 Å². The quantitative estimate of drug-likeness (QED) is 0.613. The summed E-state index contributed by atoms with van der Waals surface area (Å²) in [5.41, 5.74) is 3.84. The molecule has 7 nitrogen and oxygen atoms in total. The number of fused-ring (bicyclic) bond motifs is 1. The number of nitriles is 1. The van der Waals surface area contributed by atoms with Crippen molar-refractivity contribution >= 4 is 17.6 Å². The minimum absolute atomic E-state index is 0.0452. The molecule has 0 atom stereocenters. The zero-order chi connectivity index (χ0) is 21.8. The molecule has 1 aromatic carbocycles. The first-order valence-corrected chi connectivity index (χ1v) is 9.66. The van der Waals surface area contributed by atoms with Gasteiger partial charge >= 0.3 is 5.97 Å². The lowest BCUT2D eigenvalue weighted by Crippen LogP contribution is -2.17. The highest BCUT2D eigenvalue weighted by molar-refractivity contribution is 5.91. The van der Waals surface area contributed by atoms with Crippen molar-refractivity contribution in [2.45, 2.75) is 18.9 Å². The highest BCUT2D eigenvalue weighted by atomic mass is 16.5. The van der Waals surface area contributed by atoms with Crippen LogP contribution < -0.4 is 9.47 Å². The molecule has 0 spiro atoms. The minimum Gasteiger partial charge on any atom is -0.484 e. The van der Waals surface area contributed by atoms with Gasteiger partial charge in [-0.1, -0.05) is 24.3 Å². The van der Waals surface area contributed by atoms with Gasteiger partial charge in [-0.2, -0.15) is 5.26 Å². The van der Waals surface area contributed by atoms with Gasteiger partial charge in [-0.05, 0) is 41.0 Å². The smallest absolute Gasteiger partial charge is 0.354 e. The highest BCUT2D eigenvalue weighted by Crippen LogP contribution is 2.32. The summed E-state index contributed by atoms with van der Waals surface area (Å²) >= 11 is 0. The van der Waals surface area contributed by atoms with Crippen molar-refractivity contribution in [1.29, 1.82) is 5.26 Å². The molecular weight excluding hydrogens is 394 g/mol. The van der Waals surface area contributed by atoms with Crippen molar-refractivity contribution in [3.05, 3.63) is 82.8 Å². The van der Waals surface area contributed by atoms with Crippen LogP contribution in [-0.2, 0) is 12.8 Å². The number of hydrogen-bond acceptors (Lipinski definition) is 6. The molecule has 0 unspecified atom stereocenters. The molecule has 3 aromatic rings. The summed E-state index contributed by atoms with van der Waals surface area (Å²) in [5.74, 6) is -0.331. The van der Waals surface area contributed by atoms with Gasteiger partial charge in [0, 0.05) is 30.8 Å². The van der Waals surface area contributed by atoms with Crippen LogP contribution in [0, 0.1) is 11.3 Å². The predicted molar refractivity (Wildman–Crippen MR) is 114 cm³/mol. The topological polar surface area (TPSA) is 105 Å². The summed E-state index contributed by atoms with van der Waals surface area (Å²) in [4.78, 5) is 19.2. The number of carbonyl (C=O) groups is 1. The number of aromatic carboxylic acids is 1. The second kappa shape index (κ2) is 8.67. The summed E-state index contributed by atoms with van der Waals surface area (Å²) < 4.78 is 11.6. The number of hydrogen-bond donors (Lipinski definition) is 1. The summed E-state index contributed by atoms with van der Waals surface area (Å²) in [6.07, 6.45) is 6.05. The number of pyridine rings is 2. The zero-order valence-corrected chi connectivity index (χ0v) is 16.8. The Hall–Kier alpha value is -4.18. The van der Waals surface area contributed by atoms with Gasteiger partial charge in [-0.15, -0.1) is 0 Å². The summed E-state index contributed by atoms with van der Waals surface area (Å²) in [6, 6.07) is 15.1. The van der Waals surface area contributed by atoms with Crippen LogP contribution in [0.2, 0.25) is 0 Å². The van der Waals surface area contributed by atoms with Crippen LogP contribution in [-0.4, -0.2) is 34.3 Å². The van der Waals surface area contributed by atoms with Crippen molar-refractivity contribution in [2.24, 2.45) is 0 Å². The first-order valence-electron chi connectivity index (χ1n) is 9.66. The van der Waals surface area contributed by atoms with Gasteiger partial charge in [0.25, 0.3) is 5.88 Å². The molecule has 0 fully saturated rings. The van der Waals surface area contributed by atoms with Gasteiger partial charge in [0.1, 0.15) is 11.8 Å². The van der Waals surface area contributed by atoms with Gasteiger partial charge in [-0.25, -0.2) is 14.8 Å². The maximum Gasteiger partial charge on any atom is 0.354 e. The van der Waals surface area contributed by atoms with Gasteiger partial charge in [0.2, 0.25) is 0 Å². The van der Waals surface area contributed by atoms with Gasteiger partial charge in [0.05, 0.1) is 18.8 Å². The number of benzene rings is 1. The normalized spacial score (nSPS) is 13.4. The van der Waals surface area contributed by atoms with Gasteiger partial charge < -0.3 is 14.6 Å². The summed E-state index contributed by atoms with van der Waals surface area (Å²) in [7, 11) is 1.52. The monoisotopic (exact) mass is 413 g/mol.